The van der Waals surface area contributed by atoms with Crippen LogP contribution < -0.4 is 0 Å². The molecule has 1 atom stereocenters. The molecule has 2 saturated heterocycles. The lowest BCUT2D eigenvalue weighted by Gasteiger charge is -2.36. The Morgan fingerprint density at radius 3 is 2.67 bits per heavy atom. The normalized spacial score (nSPS) is 25.0. The third-order valence-corrected chi connectivity index (χ3v) is 4.57. The minimum atomic E-state index is -0.389. The number of hydrogen-bond donors (Lipinski definition) is 0. The maximum Gasteiger partial charge on any atom is 0.223 e. The highest BCUT2D eigenvalue weighted by Gasteiger charge is 2.35. The number of likely N-dealkylation sites (tertiary alicyclic amines) is 2. The van der Waals surface area contributed by atoms with E-state index in [9.17, 15) is 9.18 Å². The number of halogens is 1. The fourth-order valence-electron chi connectivity index (χ4n) is 3.26. The summed E-state index contributed by atoms with van der Waals surface area (Å²) in [5.41, 5.74) is 1.71. The number of piperidine rings is 1. The van der Waals surface area contributed by atoms with Crippen molar-refractivity contribution in [3.05, 3.63) is 11.4 Å². The van der Waals surface area contributed by atoms with Crippen LogP contribution in [0.15, 0.2) is 4.63 Å². The van der Waals surface area contributed by atoms with E-state index in [1.54, 1.807) is 0 Å². The van der Waals surface area contributed by atoms with Crippen LogP contribution in [-0.4, -0.2) is 58.4 Å². The molecule has 0 spiro atoms. The largest absolute Gasteiger partial charge is 0.339 e. The molecule has 116 valence electrons. The van der Waals surface area contributed by atoms with Crippen LogP contribution in [-0.2, 0) is 11.3 Å². The van der Waals surface area contributed by atoms with Gasteiger partial charge in [0.05, 0.1) is 6.67 Å². The van der Waals surface area contributed by atoms with Crippen molar-refractivity contribution in [2.45, 2.75) is 38.8 Å². The molecule has 0 saturated carbocycles. The smallest absolute Gasteiger partial charge is 0.223 e. The highest BCUT2D eigenvalue weighted by molar-refractivity contribution is 5.79. The molecule has 0 aliphatic carbocycles. The van der Waals surface area contributed by atoms with Gasteiger partial charge in [-0.15, -0.1) is 0 Å². The van der Waals surface area contributed by atoms with Crippen molar-refractivity contribution in [2.75, 3.05) is 26.3 Å². The molecule has 2 aliphatic heterocycles. The zero-order chi connectivity index (χ0) is 14.8. The average molecular weight is 296 g/mol. The van der Waals surface area contributed by atoms with Crippen LogP contribution in [0.1, 0.15) is 30.7 Å². The van der Waals surface area contributed by atoms with Gasteiger partial charge in [-0.3, -0.25) is 14.1 Å². The van der Waals surface area contributed by atoms with Crippen molar-refractivity contribution in [3.63, 3.8) is 0 Å². The fourth-order valence-corrected chi connectivity index (χ4v) is 3.26. The number of aromatic nitrogens is 2. The number of amides is 1. The van der Waals surface area contributed by atoms with Gasteiger partial charge in [0.25, 0.3) is 0 Å². The quantitative estimate of drug-likeness (QED) is 0.834. The van der Waals surface area contributed by atoms with Gasteiger partial charge >= 0.3 is 0 Å². The Morgan fingerprint density at radius 1 is 1.33 bits per heavy atom. The van der Waals surface area contributed by atoms with Gasteiger partial charge in [-0.25, -0.2) is 4.63 Å². The van der Waals surface area contributed by atoms with Crippen molar-refractivity contribution in [3.8, 4) is 0 Å². The highest BCUT2D eigenvalue weighted by Crippen LogP contribution is 2.26. The first kappa shape index (κ1) is 14.4. The van der Waals surface area contributed by atoms with Crippen LogP contribution in [0, 0.1) is 12.8 Å². The molecule has 0 aromatic carbocycles. The molecule has 2 aliphatic rings. The summed E-state index contributed by atoms with van der Waals surface area (Å²) in [5.74, 6) is 0.0204. The lowest BCUT2D eigenvalue weighted by molar-refractivity contribution is -0.130. The van der Waals surface area contributed by atoms with Gasteiger partial charge in [-0.2, -0.15) is 0 Å². The molecule has 3 heterocycles. The van der Waals surface area contributed by atoms with Crippen molar-refractivity contribution in [1.82, 2.24) is 20.1 Å². The summed E-state index contributed by atoms with van der Waals surface area (Å²) in [6, 6.07) is 0.266. The number of aryl methyl sites for hydroxylation is 1. The lowest BCUT2D eigenvalue weighted by Crippen LogP contribution is -2.45. The molecule has 1 amide bonds. The Bertz CT molecular complexity index is 499. The van der Waals surface area contributed by atoms with Crippen molar-refractivity contribution in [2.24, 2.45) is 5.92 Å². The van der Waals surface area contributed by atoms with Crippen LogP contribution in [0.5, 0.6) is 0 Å². The number of nitrogens with zero attached hydrogens (tertiary/aromatic N) is 4. The van der Waals surface area contributed by atoms with Gasteiger partial charge in [0.2, 0.25) is 5.91 Å². The Morgan fingerprint density at radius 2 is 2.10 bits per heavy atom. The Balaban J connectivity index is 1.51. The van der Waals surface area contributed by atoms with E-state index in [0.29, 0.717) is 13.0 Å². The van der Waals surface area contributed by atoms with Crippen molar-refractivity contribution >= 4 is 5.91 Å². The molecule has 1 aromatic heterocycles. The molecule has 0 radical (unpaired) electrons. The standard InChI is InChI=1S/C14H21FN4O2/c1-10-13(17-21-16-10)9-18-4-2-12(3-5-18)19-8-11(7-15)6-14(19)20/h11-12H,2-9H2,1H3. The van der Waals surface area contributed by atoms with Crippen molar-refractivity contribution < 1.29 is 13.8 Å². The molecule has 6 nitrogen and oxygen atoms in total. The first-order chi connectivity index (χ1) is 10.2. The molecule has 7 heteroatoms. The summed E-state index contributed by atoms with van der Waals surface area (Å²) in [6.07, 6.45) is 2.25. The van der Waals surface area contributed by atoms with E-state index in [-0.39, 0.29) is 24.5 Å². The van der Waals surface area contributed by atoms with Gasteiger partial charge in [-0.1, -0.05) is 10.3 Å². The van der Waals surface area contributed by atoms with Crippen LogP contribution >= 0.6 is 0 Å². The molecule has 0 bridgehead atoms. The molecule has 1 aromatic rings. The van der Waals surface area contributed by atoms with E-state index in [0.717, 1.165) is 43.9 Å². The first-order valence-corrected chi connectivity index (χ1v) is 7.53. The van der Waals surface area contributed by atoms with Crippen LogP contribution in [0.4, 0.5) is 4.39 Å². The molecule has 2 fully saturated rings. The van der Waals surface area contributed by atoms with E-state index in [1.165, 1.54) is 0 Å². The minimum absolute atomic E-state index is 0.0978. The monoisotopic (exact) mass is 296 g/mol. The second-order valence-corrected chi connectivity index (χ2v) is 6.07. The maximum absolute atomic E-state index is 12.7. The van der Waals surface area contributed by atoms with Crippen LogP contribution in [0.25, 0.3) is 0 Å². The van der Waals surface area contributed by atoms with E-state index in [1.807, 2.05) is 11.8 Å². The summed E-state index contributed by atoms with van der Waals surface area (Å²) in [6.45, 7) is 4.66. The number of alkyl halides is 1. The van der Waals surface area contributed by atoms with E-state index in [4.69, 9.17) is 4.63 Å². The topological polar surface area (TPSA) is 62.5 Å². The Labute approximate surface area is 123 Å². The number of hydrogen-bond acceptors (Lipinski definition) is 5. The SMILES string of the molecule is Cc1nonc1CN1CCC(N2CC(CF)CC2=O)CC1. The highest BCUT2D eigenvalue weighted by atomic mass is 19.1. The lowest BCUT2D eigenvalue weighted by atomic mass is 10.0. The average Bonchev–Trinajstić information content (AvgIpc) is 3.06. The summed E-state index contributed by atoms with van der Waals surface area (Å²) in [5, 5.41) is 7.69. The zero-order valence-electron chi connectivity index (χ0n) is 12.3. The van der Waals surface area contributed by atoms with Crippen LogP contribution in [0.2, 0.25) is 0 Å². The maximum atomic E-state index is 12.7. The molecule has 21 heavy (non-hydrogen) atoms. The van der Waals surface area contributed by atoms with E-state index >= 15 is 0 Å². The number of rotatable bonds is 4. The van der Waals surface area contributed by atoms with Gasteiger partial charge in [0, 0.05) is 44.6 Å². The summed E-state index contributed by atoms with van der Waals surface area (Å²) in [4.78, 5) is 16.1. The molecular formula is C14H21FN4O2. The second-order valence-electron chi connectivity index (χ2n) is 6.07. The summed E-state index contributed by atoms with van der Waals surface area (Å²) >= 11 is 0. The minimum Gasteiger partial charge on any atom is -0.339 e. The summed E-state index contributed by atoms with van der Waals surface area (Å²) < 4.78 is 17.4. The Hall–Kier alpha value is -1.50. The van der Waals surface area contributed by atoms with Crippen LogP contribution in [0.3, 0.4) is 0 Å². The van der Waals surface area contributed by atoms with Crippen molar-refractivity contribution in [1.29, 1.82) is 0 Å². The van der Waals surface area contributed by atoms with Gasteiger partial charge in [-0.05, 0) is 19.8 Å². The number of carbonyl (C=O) groups is 1. The predicted octanol–water partition coefficient (Wildman–Crippen LogP) is 1.16. The molecule has 1 unspecified atom stereocenters. The third kappa shape index (κ3) is 3.07. The molecule has 3 rings (SSSR count). The van der Waals surface area contributed by atoms with E-state index < -0.39 is 0 Å². The third-order valence-electron chi connectivity index (χ3n) is 4.57. The van der Waals surface area contributed by atoms with Gasteiger partial charge in [0.15, 0.2) is 0 Å². The first-order valence-electron chi connectivity index (χ1n) is 7.53. The second kappa shape index (κ2) is 6.09. The Kier molecular flexibility index (Phi) is 4.19. The number of carbonyl (C=O) groups excluding carboxylic acids is 1. The zero-order valence-corrected chi connectivity index (χ0v) is 12.3. The van der Waals surface area contributed by atoms with Gasteiger partial charge < -0.3 is 4.90 Å². The fraction of sp³-hybridized carbons (Fsp3) is 0.786. The van der Waals surface area contributed by atoms with E-state index in [2.05, 4.69) is 15.2 Å². The van der Waals surface area contributed by atoms with Gasteiger partial charge in [0.1, 0.15) is 11.4 Å². The molecule has 0 N–H and O–H groups in total. The predicted molar refractivity (Wildman–Crippen MR) is 73.1 cm³/mol. The molecular weight excluding hydrogens is 275 g/mol. The summed E-state index contributed by atoms with van der Waals surface area (Å²) in [7, 11) is 0.